The monoisotopic (exact) mass is 551 g/mol. The number of carbonyl (C=O) groups is 1. The first kappa shape index (κ1) is 28.2. The number of sulfonamides is 2. The second kappa shape index (κ2) is 11.6. The molecule has 0 aliphatic carbocycles. The number of benzene rings is 2. The summed E-state index contributed by atoms with van der Waals surface area (Å²) in [7, 11) is -4.52. The Morgan fingerprint density at radius 1 is 1.06 bits per heavy atom. The molecule has 1 unspecified atom stereocenters. The van der Waals surface area contributed by atoms with Crippen molar-refractivity contribution >= 4 is 54.8 Å². The van der Waals surface area contributed by atoms with Crippen LogP contribution in [0.1, 0.15) is 13.3 Å². The molecule has 1 atom stereocenters. The summed E-state index contributed by atoms with van der Waals surface area (Å²) in [5, 5.41) is 3.08. The van der Waals surface area contributed by atoms with E-state index in [1.807, 2.05) is 0 Å². The van der Waals surface area contributed by atoms with Gasteiger partial charge in [-0.25, -0.2) is 21.1 Å². The van der Waals surface area contributed by atoms with Crippen LogP contribution in [0.3, 0.4) is 0 Å². The Labute approximate surface area is 210 Å². The molecule has 13 heteroatoms. The predicted molar refractivity (Wildman–Crippen MR) is 134 cm³/mol. The van der Waals surface area contributed by atoms with E-state index in [-0.39, 0.29) is 40.2 Å². The van der Waals surface area contributed by atoms with Gasteiger partial charge in [0, 0.05) is 19.1 Å². The number of hydrogen-bond donors (Lipinski definition) is 1. The lowest BCUT2D eigenvalue weighted by molar-refractivity contribution is -0.122. The van der Waals surface area contributed by atoms with Crippen LogP contribution in [0.4, 0.5) is 5.69 Å². The van der Waals surface area contributed by atoms with Crippen LogP contribution in [0.5, 0.6) is 5.75 Å². The van der Waals surface area contributed by atoms with Crippen molar-refractivity contribution in [3.63, 3.8) is 0 Å². The van der Waals surface area contributed by atoms with Crippen LogP contribution in [0.25, 0.3) is 0 Å². The largest absolute Gasteiger partial charge is 0.492 e. The Bertz CT molecular complexity index is 1220. The average Bonchev–Trinajstić information content (AvgIpc) is 2.76. The number of carbonyl (C=O) groups excluding carboxylic acids is 1. The maximum absolute atomic E-state index is 12.8. The van der Waals surface area contributed by atoms with Crippen LogP contribution in [-0.2, 0) is 24.8 Å². The summed E-state index contributed by atoms with van der Waals surface area (Å²) < 4.78 is 56.9. The fourth-order valence-electron chi connectivity index (χ4n) is 3.07. The van der Waals surface area contributed by atoms with E-state index in [2.05, 4.69) is 5.32 Å². The first-order valence-corrected chi connectivity index (χ1v) is 14.2. The quantitative estimate of drug-likeness (QED) is 0.429. The Kier molecular flexibility index (Phi) is 9.61. The van der Waals surface area contributed by atoms with E-state index < -0.39 is 32.0 Å². The van der Waals surface area contributed by atoms with Crippen molar-refractivity contribution < 1.29 is 26.4 Å². The molecule has 0 spiro atoms. The third-order valence-corrected chi connectivity index (χ3v) is 8.30. The van der Waals surface area contributed by atoms with Gasteiger partial charge in [-0.1, -0.05) is 30.1 Å². The van der Waals surface area contributed by atoms with Crippen molar-refractivity contribution in [3.8, 4) is 5.75 Å². The lowest BCUT2D eigenvalue weighted by Gasteiger charge is -2.30. The number of anilines is 1. The molecule has 0 aliphatic rings. The molecule has 0 radical (unpaired) electrons. The van der Waals surface area contributed by atoms with Crippen LogP contribution in [0, 0.1) is 0 Å². The summed E-state index contributed by atoms with van der Waals surface area (Å²) in [5.41, 5.74) is 0.114. The first-order chi connectivity index (χ1) is 15.8. The maximum Gasteiger partial charge on any atom is 0.244 e. The molecule has 0 fully saturated rings. The molecule has 0 bridgehead atoms. The van der Waals surface area contributed by atoms with E-state index in [9.17, 15) is 21.6 Å². The highest BCUT2D eigenvalue weighted by atomic mass is 35.5. The van der Waals surface area contributed by atoms with Gasteiger partial charge in [0.25, 0.3) is 0 Å². The molecular formula is C21H27Cl2N3O6S2. The first-order valence-electron chi connectivity index (χ1n) is 10.2. The minimum absolute atomic E-state index is 0.0821. The second-order valence-corrected chi connectivity index (χ2v) is 12.3. The maximum atomic E-state index is 12.8. The third-order valence-electron chi connectivity index (χ3n) is 4.75. The minimum atomic E-state index is -3.86. The van der Waals surface area contributed by atoms with E-state index in [1.54, 1.807) is 6.92 Å². The van der Waals surface area contributed by atoms with Gasteiger partial charge in [0.2, 0.25) is 26.0 Å². The zero-order chi connectivity index (χ0) is 25.7. The molecule has 188 valence electrons. The van der Waals surface area contributed by atoms with E-state index in [4.69, 9.17) is 27.9 Å². The van der Waals surface area contributed by atoms with Gasteiger partial charge in [-0.2, -0.15) is 0 Å². The zero-order valence-corrected chi connectivity index (χ0v) is 22.3. The summed E-state index contributed by atoms with van der Waals surface area (Å²) in [5.74, 6) is -0.109. The molecule has 1 N–H and O–H groups in total. The van der Waals surface area contributed by atoms with Crippen molar-refractivity contribution in [1.82, 2.24) is 9.62 Å². The van der Waals surface area contributed by atoms with Crippen molar-refractivity contribution in [2.75, 3.05) is 37.8 Å². The molecule has 0 saturated heterocycles. The number of nitrogens with one attached hydrogen (secondary N) is 1. The second-order valence-electron chi connectivity index (χ2n) is 7.48. The van der Waals surface area contributed by atoms with Crippen molar-refractivity contribution in [3.05, 3.63) is 52.5 Å². The van der Waals surface area contributed by atoms with Gasteiger partial charge >= 0.3 is 0 Å². The van der Waals surface area contributed by atoms with Gasteiger partial charge in [-0.15, -0.1) is 0 Å². The summed E-state index contributed by atoms with van der Waals surface area (Å²) in [4.78, 5) is 13.0. The Hall–Kier alpha value is -2.05. The molecule has 0 aromatic heterocycles. The Morgan fingerprint density at radius 3 is 2.21 bits per heavy atom. The Morgan fingerprint density at radius 2 is 1.68 bits per heavy atom. The van der Waals surface area contributed by atoms with Gasteiger partial charge in [-0.05, 0) is 48.9 Å². The minimum Gasteiger partial charge on any atom is -0.492 e. The Balaban J connectivity index is 2.05. The smallest absolute Gasteiger partial charge is 0.244 e. The number of halogens is 2. The van der Waals surface area contributed by atoms with Crippen LogP contribution in [0.15, 0.2) is 47.4 Å². The number of hydrogen-bond acceptors (Lipinski definition) is 6. The van der Waals surface area contributed by atoms with Gasteiger partial charge in [-0.3, -0.25) is 9.10 Å². The molecular weight excluding hydrogens is 525 g/mol. The fourth-order valence-corrected chi connectivity index (χ4v) is 5.61. The number of amides is 1. The molecule has 2 rings (SSSR count). The summed E-state index contributed by atoms with van der Waals surface area (Å²) in [6, 6.07) is 9.20. The zero-order valence-electron chi connectivity index (χ0n) is 19.2. The standard InChI is InChI=1S/C21H27Cl2N3O6S2/c1-5-19(26(33(4,28)29)20-14-15(22)6-11-18(20)23)21(27)24-12-13-32-16-7-9-17(10-8-16)34(30,31)25(2)3/h6-11,14,19H,5,12-13H2,1-4H3,(H,24,27). The fraction of sp³-hybridized carbons (Fsp3) is 0.381. The number of nitrogens with zero attached hydrogens (tertiary/aromatic N) is 2. The SMILES string of the molecule is CCC(C(=O)NCCOc1ccc(S(=O)(=O)N(C)C)cc1)N(c1cc(Cl)ccc1Cl)S(C)(=O)=O. The molecule has 9 nitrogen and oxygen atoms in total. The van der Waals surface area contributed by atoms with Crippen molar-refractivity contribution in [2.24, 2.45) is 0 Å². The van der Waals surface area contributed by atoms with E-state index >= 15 is 0 Å². The van der Waals surface area contributed by atoms with Crippen LogP contribution >= 0.6 is 23.2 Å². The molecule has 2 aromatic rings. The van der Waals surface area contributed by atoms with Crippen LogP contribution in [-0.4, -0.2) is 66.6 Å². The third kappa shape index (κ3) is 6.98. The van der Waals surface area contributed by atoms with Crippen LogP contribution in [0.2, 0.25) is 10.0 Å². The molecule has 1 amide bonds. The van der Waals surface area contributed by atoms with Crippen molar-refractivity contribution in [1.29, 1.82) is 0 Å². The highest BCUT2D eigenvalue weighted by Crippen LogP contribution is 2.32. The number of ether oxygens (including phenoxy) is 1. The average molecular weight is 553 g/mol. The van der Waals surface area contributed by atoms with E-state index in [0.29, 0.717) is 5.75 Å². The highest BCUT2D eigenvalue weighted by Gasteiger charge is 2.32. The lowest BCUT2D eigenvalue weighted by atomic mass is 10.2. The van der Waals surface area contributed by atoms with Gasteiger partial charge in [0.1, 0.15) is 18.4 Å². The topological polar surface area (TPSA) is 113 Å². The van der Waals surface area contributed by atoms with E-state index in [1.165, 1.54) is 56.6 Å². The number of rotatable bonds is 11. The predicted octanol–water partition coefficient (Wildman–Crippen LogP) is 2.98. The highest BCUT2D eigenvalue weighted by molar-refractivity contribution is 7.92. The van der Waals surface area contributed by atoms with Crippen molar-refractivity contribution in [2.45, 2.75) is 24.3 Å². The normalized spacial score (nSPS) is 12.9. The van der Waals surface area contributed by atoms with Crippen LogP contribution < -0.4 is 14.4 Å². The molecule has 0 aliphatic heterocycles. The molecule has 0 saturated carbocycles. The lowest BCUT2D eigenvalue weighted by Crippen LogP contribution is -2.50. The summed E-state index contributed by atoms with van der Waals surface area (Å²) >= 11 is 12.2. The molecule has 34 heavy (non-hydrogen) atoms. The van der Waals surface area contributed by atoms with Gasteiger partial charge < -0.3 is 10.1 Å². The van der Waals surface area contributed by atoms with Gasteiger partial charge in [0.05, 0.1) is 28.4 Å². The molecule has 2 aromatic carbocycles. The van der Waals surface area contributed by atoms with Gasteiger partial charge in [0.15, 0.2) is 0 Å². The van der Waals surface area contributed by atoms with E-state index in [0.717, 1.165) is 14.9 Å². The summed E-state index contributed by atoms with van der Waals surface area (Å²) in [6.07, 6.45) is 1.17. The molecule has 0 heterocycles. The summed E-state index contributed by atoms with van der Waals surface area (Å²) in [6.45, 7) is 1.85.